The molecule has 0 aliphatic heterocycles. The SMILES string of the molecule is [2H]c1c([2H])c([2H])c(-c2ccc(N(c3ccc(-c4ccc5oc6c(-c7ccccc7)cccc6c5c4)cc3)c3ccc(-c4ccc5c(c4)c4ccccc4n5-c4ccccc4)cc3)cc2)c([2H])c1[2H]. The molecule has 0 amide bonds. The van der Waals surface area contributed by atoms with E-state index >= 15 is 0 Å². The third-order valence-electron chi connectivity index (χ3n) is 12.1. The molecule has 2 heterocycles. The van der Waals surface area contributed by atoms with E-state index in [1.54, 1.807) is 0 Å². The van der Waals surface area contributed by atoms with Gasteiger partial charge in [0.1, 0.15) is 11.2 Å². The maximum Gasteiger partial charge on any atom is 0.143 e. The highest BCUT2D eigenvalue weighted by Crippen LogP contribution is 2.41. The zero-order valence-corrected chi connectivity index (χ0v) is 34.0. The molecule has 0 atom stereocenters. The third kappa shape index (κ3) is 6.46. The van der Waals surface area contributed by atoms with E-state index in [1.807, 2.05) is 48.5 Å². The van der Waals surface area contributed by atoms with Crippen LogP contribution in [0.1, 0.15) is 6.85 Å². The van der Waals surface area contributed by atoms with Crippen molar-refractivity contribution in [3.05, 3.63) is 243 Å². The van der Waals surface area contributed by atoms with Crippen LogP contribution in [-0.4, -0.2) is 4.57 Å². The molecule has 3 nitrogen and oxygen atoms in total. The van der Waals surface area contributed by atoms with Crippen LogP contribution in [0.4, 0.5) is 17.1 Å². The lowest BCUT2D eigenvalue weighted by atomic mass is 9.99. The zero-order chi connectivity index (χ0) is 46.0. The number of hydrogen-bond donors (Lipinski definition) is 0. The van der Waals surface area contributed by atoms with Gasteiger partial charge in [-0.25, -0.2) is 0 Å². The lowest BCUT2D eigenvalue weighted by molar-refractivity contribution is 0.670. The van der Waals surface area contributed by atoms with Gasteiger partial charge in [0, 0.05) is 49.9 Å². The van der Waals surface area contributed by atoms with Gasteiger partial charge >= 0.3 is 0 Å². The third-order valence-corrected chi connectivity index (χ3v) is 12.1. The van der Waals surface area contributed by atoms with Crippen molar-refractivity contribution in [2.45, 2.75) is 0 Å². The van der Waals surface area contributed by atoms with Crippen LogP contribution < -0.4 is 4.90 Å². The zero-order valence-electron chi connectivity index (χ0n) is 39.0. The van der Waals surface area contributed by atoms with Crippen LogP contribution in [0.25, 0.3) is 93.9 Å². The number of aromatic nitrogens is 1. The Morgan fingerprint density at radius 1 is 0.365 bits per heavy atom. The van der Waals surface area contributed by atoms with Crippen molar-refractivity contribution in [1.82, 2.24) is 4.57 Å². The number of fused-ring (bicyclic) bond motifs is 6. The molecule has 0 N–H and O–H groups in total. The number of para-hydroxylation sites is 3. The summed E-state index contributed by atoms with van der Waals surface area (Å²) in [6.45, 7) is 0. The maximum atomic E-state index is 8.62. The fourth-order valence-corrected chi connectivity index (χ4v) is 9.06. The Kier molecular flexibility index (Phi) is 7.62. The molecule has 0 saturated carbocycles. The summed E-state index contributed by atoms with van der Waals surface area (Å²) in [6, 6.07) is 71.7. The Morgan fingerprint density at radius 2 is 0.889 bits per heavy atom. The number of hydrogen-bond acceptors (Lipinski definition) is 2. The molecule has 12 aromatic rings. The number of rotatable bonds is 8. The van der Waals surface area contributed by atoms with Crippen LogP contribution in [-0.2, 0) is 0 Å². The molecule has 0 saturated heterocycles. The smallest absolute Gasteiger partial charge is 0.143 e. The van der Waals surface area contributed by atoms with Gasteiger partial charge in [-0.1, -0.05) is 164 Å². The molecule has 12 rings (SSSR count). The highest BCUT2D eigenvalue weighted by atomic mass is 16.3. The van der Waals surface area contributed by atoms with E-state index in [0.29, 0.717) is 5.56 Å². The molecule has 296 valence electrons. The first-order valence-electron chi connectivity index (χ1n) is 23.6. The lowest BCUT2D eigenvalue weighted by Crippen LogP contribution is -2.09. The van der Waals surface area contributed by atoms with Crippen molar-refractivity contribution in [2.75, 3.05) is 4.90 Å². The normalized spacial score (nSPS) is 12.6. The molecule has 10 aromatic carbocycles. The molecule has 3 heteroatoms. The standard InChI is InChI=1S/C60H40N2O/c1-4-13-41(14-5-1)42-23-31-49(32-24-42)61(50-33-25-43(26-34-50)46-29-37-58-55(39-46)53-19-10-11-22-57(53)62(58)48-17-8-3-9-18-48)51-35-27-44(28-36-51)47-30-38-59-56(40-47)54-21-12-20-52(60(54)63-59)45-15-6-2-7-16-45/h1-40H/i1D,4D,5D,13D,14D. The van der Waals surface area contributed by atoms with E-state index in [1.165, 1.54) is 10.8 Å². The van der Waals surface area contributed by atoms with Gasteiger partial charge < -0.3 is 13.9 Å². The average molecular weight is 810 g/mol. The van der Waals surface area contributed by atoms with E-state index in [9.17, 15) is 0 Å². The Morgan fingerprint density at radius 3 is 1.56 bits per heavy atom. The Labute approximate surface area is 373 Å². The monoisotopic (exact) mass is 809 g/mol. The summed E-state index contributed by atoms with van der Waals surface area (Å²) in [4.78, 5) is 2.17. The average Bonchev–Trinajstić information content (AvgIpc) is 3.94. The van der Waals surface area contributed by atoms with Crippen molar-refractivity contribution in [2.24, 2.45) is 0 Å². The summed E-state index contributed by atoms with van der Waals surface area (Å²) in [6.07, 6.45) is 0. The summed E-state index contributed by atoms with van der Waals surface area (Å²) >= 11 is 0. The van der Waals surface area contributed by atoms with Gasteiger partial charge in [0.25, 0.3) is 0 Å². The first-order valence-corrected chi connectivity index (χ1v) is 21.1. The molecule has 0 radical (unpaired) electrons. The topological polar surface area (TPSA) is 21.3 Å². The number of nitrogens with zero attached hydrogens (tertiary/aromatic N) is 2. The Bertz CT molecular complexity index is 3850. The fraction of sp³-hybridized carbons (Fsp3) is 0. The van der Waals surface area contributed by atoms with Crippen molar-refractivity contribution >= 4 is 60.8 Å². The maximum absolute atomic E-state index is 8.62. The van der Waals surface area contributed by atoms with Crippen LogP contribution in [0.3, 0.4) is 0 Å². The molecule has 63 heavy (non-hydrogen) atoms. The van der Waals surface area contributed by atoms with Gasteiger partial charge in [-0.15, -0.1) is 0 Å². The quantitative estimate of drug-likeness (QED) is 0.152. The summed E-state index contributed by atoms with van der Waals surface area (Å²) in [5.41, 5.74) is 15.0. The summed E-state index contributed by atoms with van der Waals surface area (Å²) in [5, 5.41) is 4.51. The first-order chi connectivity index (χ1) is 33.3. The van der Waals surface area contributed by atoms with E-state index in [0.717, 1.165) is 89.1 Å². The fourth-order valence-electron chi connectivity index (χ4n) is 9.06. The van der Waals surface area contributed by atoms with Gasteiger partial charge in [-0.2, -0.15) is 0 Å². The second-order valence-electron chi connectivity index (χ2n) is 15.8. The molecule has 0 bridgehead atoms. The Hall–Kier alpha value is -8.40. The molecule has 0 aliphatic rings. The minimum Gasteiger partial charge on any atom is -0.455 e. The van der Waals surface area contributed by atoms with Crippen LogP contribution in [0.15, 0.2) is 247 Å². The summed E-state index contributed by atoms with van der Waals surface area (Å²) in [7, 11) is 0. The largest absolute Gasteiger partial charge is 0.455 e. The van der Waals surface area contributed by atoms with Crippen LogP contribution >= 0.6 is 0 Å². The molecule has 0 aliphatic carbocycles. The van der Waals surface area contributed by atoms with Crippen LogP contribution in [0.2, 0.25) is 0 Å². The summed E-state index contributed by atoms with van der Waals surface area (Å²) < 4.78 is 50.7. The number of furan rings is 1. The van der Waals surface area contributed by atoms with Gasteiger partial charge in [-0.3, -0.25) is 0 Å². The highest BCUT2D eigenvalue weighted by Gasteiger charge is 2.17. The summed E-state index contributed by atoms with van der Waals surface area (Å²) in [5.74, 6) is 0. The van der Waals surface area contributed by atoms with Gasteiger partial charge in [0.2, 0.25) is 0 Å². The number of benzene rings is 10. The van der Waals surface area contributed by atoms with E-state index in [2.05, 4.69) is 173 Å². The molecule has 0 unspecified atom stereocenters. The lowest BCUT2D eigenvalue weighted by Gasteiger charge is -2.26. The van der Waals surface area contributed by atoms with Gasteiger partial charge in [0.05, 0.1) is 17.9 Å². The molecule has 0 spiro atoms. The van der Waals surface area contributed by atoms with Crippen LogP contribution in [0, 0.1) is 0 Å². The van der Waals surface area contributed by atoms with E-state index in [4.69, 9.17) is 11.3 Å². The molecule has 2 aromatic heterocycles. The van der Waals surface area contributed by atoms with Crippen molar-refractivity contribution in [3.63, 3.8) is 0 Å². The number of anilines is 3. The minimum atomic E-state index is -0.410. The van der Waals surface area contributed by atoms with E-state index < -0.39 is 6.04 Å². The van der Waals surface area contributed by atoms with Gasteiger partial charge in [0.15, 0.2) is 0 Å². The predicted molar refractivity (Wildman–Crippen MR) is 264 cm³/mol. The Balaban J connectivity index is 0.926. The second kappa shape index (κ2) is 15.3. The molecular formula is C60H40N2O. The predicted octanol–water partition coefficient (Wildman–Crippen LogP) is 16.8. The minimum absolute atomic E-state index is 0.172. The van der Waals surface area contributed by atoms with Crippen molar-refractivity contribution in [1.29, 1.82) is 0 Å². The first kappa shape index (κ1) is 31.5. The molecule has 0 fully saturated rings. The van der Waals surface area contributed by atoms with Crippen molar-refractivity contribution in [3.8, 4) is 50.2 Å². The molecular weight excluding hydrogens is 765 g/mol. The van der Waals surface area contributed by atoms with Gasteiger partial charge in [-0.05, 0) is 118 Å². The van der Waals surface area contributed by atoms with Crippen molar-refractivity contribution < 1.29 is 11.3 Å². The highest BCUT2D eigenvalue weighted by molar-refractivity contribution is 6.11. The second-order valence-corrected chi connectivity index (χ2v) is 15.8. The van der Waals surface area contributed by atoms with E-state index in [-0.39, 0.29) is 29.7 Å². The van der Waals surface area contributed by atoms with Crippen LogP contribution in [0.5, 0.6) is 0 Å².